The quantitative estimate of drug-likeness (QED) is 0.693. The Morgan fingerprint density at radius 2 is 2.00 bits per heavy atom. The van der Waals surface area contributed by atoms with E-state index < -0.39 is 5.92 Å². The minimum Gasteiger partial charge on any atom is -0.439 e. The molecular formula is C18H12N2O3. The first-order valence-electron chi connectivity index (χ1n) is 7.25. The lowest BCUT2D eigenvalue weighted by Gasteiger charge is -2.06. The van der Waals surface area contributed by atoms with Crippen LogP contribution in [0.3, 0.4) is 0 Å². The van der Waals surface area contributed by atoms with Crippen LogP contribution in [0, 0.1) is 11.3 Å². The third kappa shape index (κ3) is 2.30. The van der Waals surface area contributed by atoms with Crippen LogP contribution in [0.2, 0.25) is 0 Å². The number of rotatable bonds is 3. The molecule has 5 heteroatoms. The van der Waals surface area contributed by atoms with E-state index in [0.29, 0.717) is 29.9 Å². The summed E-state index contributed by atoms with van der Waals surface area (Å²) >= 11 is 0. The molecule has 0 amide bonds. The maximum atomic E-state index is 12.7. The normalized spacial score (nSPS) is 14.4. The smallest absolute Gasteiger partial charge is 0.220 e. The lowest BCUT2D eigenvalue weighted by Crippen LogP contribution is -2.12. The zero-order chi connectivity index (χ0) is 15.8. The van der Waals surface area contributed by atoms with Crippen LogP contribution in [0.25, 0.3) is 11.1 Å². The van der Waals surface area contributed by atoms with E-state index in [1.165, 1.54) is 0 Å². The zero-order valence-corrected chi connectivity index (χ0v) is 12.2. The number of para-hydroxylation sites is 2. The SMILES string of the molecule is N#C[C@@H](C(=O)c1ccc2c(c1)COC2)c1nc2ccccc2o1. The van der Waals surface area contributed by atoms with Crippen molar-refractivity contribution in [1.82, 2.24) is 4.98 Å². The predicted molar refractivity (Wildman–Crippen MR) is 81.6 cm³/mol. The Kier molecular flexibility index (Phi) is 3.18. The minimum absolute atomic E-state index is 0.135. The molecule has 23 heavy (non-hydrogen) atoms. The highest BCUT2D eigenvalue weighted by Gasteiger charge is 2.28. The topological polar surface area (TPSA) is 76.1 Å². The van der Waals surface area contributed by atoms with Crippen molar-refractivity contribution in [3.63, 3.8) is 0 Å². The molecule has 3 aromatic rings. The van der Waals surface area contributed by atoms with Crippen molar-refractivity contribution < 1.29 is 13.9 Å². The predicted octanol–water partition coefficient (Wildman–Crippen LogP) is 3.35. The number of nitrogens with zero attached hydrogens (tertiary/aromatic N) is 2. The third-order valence-corrected chi connectivity index (χ3v) is 3.95. The minimum atomic E-state index is -1.05. The standard InChI is InChI=1S/C18H12N2O3/c19-8-14(18-20-15-3-1-2-4-16(15)23-18)17(21)11-5-6-12-9-22-10-13(12)7-11/h1-7,14H,9-10H2/t14-/m0/s1. The molecule has 112 valence electrons. The van der Waals surface area contributed by atoms with Crippen molar-refractivity contribution in [2.24, 2.45) is 0 Å². The van der Waals surface area contributed by atoms with Crippen LogP contribution in [-0.2, 0) is 18.0 Å². The van der Waals surface area contributed by atoms with Crippen molar-refractivity contribution in [1.29, 1.82) is 5.26 Å². The van der Waals surface area contributed by atoms with Gasteiger partial charge in [0.25, 0.3) is 0 Å². The fourth-order valence-corrected chi connectivity index (χ4v) is 2.73. The van der Waals surface area contributed by atoms with Gasteiger partial charge in [0.1, 0.15) is 5.52 Å². The van der Waals surface area contributed by atoms with Gasteiger partial charge in [-0.2, -0.15) is 5.26 Å². The molecule has 1 aliphatic heterocycles. The number of ketones is 1. The molecule has 0 saturated heterocycles. The Morgan fingerprint density at radius 3 is 2.83 bits per heavy atom. The van der Waals surface area contributed by atoms with E-state index in [2.05, 4.69) is 4.98 Å². The number of oxazole rings is 1. The largest absolute Gasteiger partial charge is 0.439 e. The number of fused-ring (bicyclic) bond motifs is 2. The summed E-state index contributed by atoms with van der Waals surface area (Å²) in [5.74, 6) is -1.23. The lowest BCUT2D eigenvalue weighted by atomic mass is 9.96. The molecule has 2 heterocycles. The lowest BCUT2D eigenvalue weighted by molar-refractivity contribution is 0.0970. The molecule has 0 unspecified atom stereocenters. The van der Waals surface area contributed by atoms with E-state index in [4.69, 9.17) is 9.15 Å². The zero-order valence-electron chi connectivity index (χ0n) is 12.2. The number of hydrogen-bond acceptors (Lipinski definition) is 5. The number of ether oxygens (including phenoxy) is 1. The van der Waals surface area contributed by atoms with Crippen LogP contribution >= 0.6 is 0 Å². The Bertz CT molecular complexity index is 919. The number of carbonyl (C=O) groups excluding carboxylic acids is 1. The first-order chi connectivity index (χ1) is 11.3. The van der Waals surface area contributed by atoms with Gasteiger partial charge in [0.15, 0.2) is 17.3 Å². The van der Waals surface area contributed by atoms with Crippen LogP contribution in [0.1, 0.15) is 33.3 Å². The molecule has 1 aromatic heterocycles. The fourth-order valence-electron chi connectivity index (χ4n) is 2.73. The fraction of sp³-hybridized carbons (Fsp3) is 0.167. The van der Waals surface area contributed by atoms with Crippen molar-refractivity contribution >= 4 is 16.9 Å². The van der Waals surface area contributed by atoms with E-state index in [1.807, 2.05) is 24.3 Å². The summed E-state index contributed by atoms with van der Waals surface area (Å²) < 4.78 is 10.9. The average molecular weight is 304 g/mol. The first-order valence-corrected chi connectivity index (χ1v) is 7.25. The van der Waals surface area contributed by atoms with E-state index in [-0.39, 0.29) is 11.7 Å². The highest BCUT2D eigenvalue weighted by atomic mass is 16.5. The molecule has 0 radical (unpaired) electrons. The van der Waals surface area contributed by atoms with Gasteiger partial charge in [-0.25, -0.2) is 4.98 Å². The summed E-state index contributed by atoms with van der Waals surface area (Å²) in [6.45, 7) is 1.06. The maximum Gasteiger partial charge on any atom is 0.220 e. The first kappa shape index (κ1) is 13.7. The summed E-state index contributed by atoms with van der Waals surface area (Å²) in [7, 11) is 0. The number of Topliss-reactive ketones (excluding diaryl/α,β-unsaturated/α-hetero) is 1. The van der Waals surface area contributed by atoms with Crippen molar-refractivity contribution in [2.45, 2.75) is 19.1 Å². The number of benzene rings is 2. The van der Waals surface area contributed by atoms with E-state index in [1.54, 1.807) is 24.3 Å². The van der Waals surface area contributed by atoms with Gasteiger partial charge in [-0.15, -0.1) is 0 Å². The summed E-state index contributed by atoms with van der Waals surface area (Å²) in [5, 5.41) is 9.43. The van der Waals surface area contributed by atoms with Gasteiger partial charge in [-0.3, -0.25) is 4.79 Å². The number of hydrogen-bond donors (Lipinski definition) is 0. The van der Waals surface area contributed by atoms with Gasteiger partial charge in [0.2, 0.25) is 5.89 Å². The molecule has 2 aromatic carbocycles. The molecule has 5 nitrogen and oxygen atoms in total. The van der Waals surface area contributed by atoms with Crippen molar-refractivity contribution in [3.05, 3.63) is 65.0 Å². The number of aromatic nitrogens is 1. The van der Waals surface area contributed by atoms with Gasteiger partial charge < -0.3 is 9.15 Å². The highest BCUT2D eigenvalue weighted by molar-refractivity contribution is 6.02. The molecule has 0 aliphatic carbocycles. The molecular weight excluding hydrogens is 292 g/mol. The summed E-state index contributed by atoms with van der Waals surface area (Å²) in [6.07, 6.45) is 0. The molecule has 0 N–H and O–H groups in total. The van der Waals surface area contributed by atoms with Gasteiger partial charge >= 0.3 is 0 Å². The monoisotopic (exact) mass is 304 g/mol. The average Bonchev–Trinajstić information content (AvgIpc) is 3.21. The summed E-state index contributed by atoms with van der Waals surface area (Å²) in [4.78, 5) is 17.0. The van der Waals surface area contributed by atoms with Crippen LogP contribution in [0.4, 0.5) is 0 Å². The van der Waals surface area contributed by atoms with Crippen molar-refractivity contribution in [2.75, 3.05) is 0 Å². The molecule has 0 spiro atoms. The van der Waals surface area contributed by atoms with Gasteiger partial charge in [-0.05, 0) is 29.3 Å². The van der Waals surface area contributed by atoms with Gasteiger partial charge in [0, 0.05) is 5.56 Å². The van der Waals surface area contributed by atoms with Crippen molar-refractivity contribution in [3.8, 4) is 6.07 Å². The molecule has 4 rings (SSSR count). The Labute approximate surface area is 132 Å². The van der Waals surface area contributed by atoms with E-state index in [9.17, 15) is 10.1 Å². The molecule has 1 aliphatic rings. The van der Waals surface area contributed by atoms with E-state index in [0.717, 1.165) is 11.1 Å². The second-order valence-electron chi connectivity index (χ2n) is 5.42. The second kappa shape index (κ2) is 5.34. The molecule has 0 fully saturated rings. The third-order valence-electron chi connectivity index (χ3n) is 3.95. The Hall–Kier alpha value is -2.97. The number of carbonyl (C=O) groups is 1. The molecule has 0 bridgehead atoms. The Balaban J connectivity index is 1.71. The number of nitriles is 1. The highest BCUT2D eigenvalue weighted by Crippen LogP contribution is 2.27. The van der Waals surface area contributed by atoms with Crippen LogP contribution in [0.5, 0.6) is 0 Å². The second-order valence-corrected chi connectivity index (χ2v) is 5.42. The van der Waals surface area contributed by atoms with Crippen LogP contribution in [0.15, 0.2) is 46.9 Å². The molecule has 1 atom stereocenters. The van der Waals surface area contributed by atoms with Crippen LogP contribution in [-0.4, -0.2) is 10.8 Å². The maximum absolute atomic E-state index is 12.7. The van der Waals surface area contributed by atoms with E-state index >= 15 is 0 Å². The van der Waals surface area contributed by atoms with Crippen LogP contribution < -0.4 is 0 Å². The van der Waals surface area contributed by atoms with Gasteiger partial charge in [0.05, 0.1) is 19.3 Å². The van der Waals surface area contributed by atoms with Gasteiger partial charge in [-0.1, -0.05) is 24.3 Å². The molecule has 0 saturated carbocycles. The summed E-state index contributed by atoms with van der Waals surface area (Å²) in [5.41, 5.74) is 3.75. The Morgan fingerprint density at radius 1 is 1.17 bits per heavy atom. The summed E-state index contributed by atoms with van der Waals surface area (Å²) in [6, 6.07) is 14.6.